The van der Waals surface area contributed by atoms with Gasteiger partial charge in [0.15, 0.2) is 0 Å². The Kier molecular flexibility index (Phi) is 5.51. The van der Waals surface area contributed by atoms with Crippen molar-refractivity contribution in [1.29, 1.82) is 0 Å². The van der Waals surface area contributed by atoms with Gasteiger partial charge in [0, 0.05) is 57.7 Å². The highest BCUT2D eigenvalue weighted by atomic mass is 16.2. The van der Waals surface area contributed by atoms with E-state index in [1.165, 1.54) is 0 Å². The van der Waals surface area contributed by atoms with Crippen LogP contribution in [0.2, 0.25) is 0 Å². The number of fused-ring (bicyclic) bond motifs is 1. The fraction of sp³-hybridized carbons (Fsp3) is 0.435. The maximum atomic E-state index is 13.1. The van der Waals surface area contributed by atoms with Crippen LogP contribution in [0.5, 0.6) is 0 Å². The lowest BCUT2D eigenvalue weighted by Crippen LogP contribution is -2.52. The van der Waals surface area contributed by atoms with Gasteiger partial charge in [-0.05, 0) is 29.7 Å². The van der Waals surface area contributed by atoms with Gasteiger partial charge in [-0.3, -0.25) is 14.4 Å². The number of hydrogen-bond acceptors (Lipinski definition) is 3. The normalized spacial score (nSPS) is 18.2. The van der Waals surface area contributed by atoms with Crippen LogP contribution in [0.1, 0.15) is 30.1 Å². The smallest absolute Gasteiger partial charge is 0.254 e. The van der Waals surface area contributed by atoms with E-state index in [1.54, 1.807) is 11.8 Å². The van der Waals surface area contributed by atoms with Crippen molar-refractivity contribution in [2.24, 2.45) is 5.92 Å². The minimum atomic E-state index is -0.0320. The van der Waals surface area contributed by atoms with Crippen LogP contribution in [0, 0.1) is 5.92 Å². The van der Waals surface area contributed by atoms with Gasteiger partial charge in [-0.1, -0.05) is 36.4 Å². The highest BCUT2D eigenvalue weighted by Gasteiger charge is 2.32. The molecule has 6 heteroatoms. The van der Waals surface area contributed by atoms with Gasteiger partial charge in [-0.25, -0.2) is 0 Å². The number of piperazine rings is 1. The number of amides is 3. The largest absolute Gasteiger partial charge is 0.339 e. The fourth-order valence-electron chi connectivity index (χ4n) is 4.41. The number of benzene rings is 2. The zero-order chi connectivity index (χ0) is 20.4. The second-order valence-electron chi connectivity index (χ2n) is 7.92. The number of carbonyl (C=O) groups excluding carboxylic acids is 3. The van der Waals surface area contributed by atoms with Crippen molar-refractivity contribution in [2.75, 3.05) is 39.3 Å². The Morgan fingerprint density at radius 1 is 0.759 bits per heavy atom. The first kappa shape index (κ1) is 19.4. The van der Waals surface area contributed by atoms with Gasteiger partial charge in [0.25, 0.3) is 5.91 Å². The van der Waals surface area contributed by atoms with E-state index in [0.29, 0.717) is 52.1 Å². The Hall–Kier alpha value is -2.89. The van der Waals surface area contributed by atoms with Crippen molar-refractivity contribution in [1.82, 2.24) is 14.7 Å². The average Bonchev–Trinajstić information content (AvgIpc) is 2.78. The molecular formula is C23H27N3O3. The van der Waals surface area contributed by atoms with Crippen LogP contribution in [-0.4, -0.2) is 71.7 Å². The van der Waals surface area contributed by atoms with Gasteiger partial charge in [-0.2, -0.15) is 0 Å². The highest BCUT2D eigenvalue weighted by molar-refractivity contribution is 6.07. The molecule has 2 aliphatic rings. The summed E-state index contributed by atoms with van der Waals surface area (Å²) < 4.78 is 0. The minimum absolute atomic E-state index is 0.0320. The lowest BCUT2D eigenvalue weighted by atomic mass is 9.94. The van der Waals surface area contributed by atoms with E-state index in [2.05, 4.69) is 0 Å². The zero-order valence-electron chi connectivity index (χ0n) is 16.8. The van der Waals surface area contributed by atoms with Crippen molar-refractivity contribution in [3.8, 4) is 0 Å². The van der Waals surface area contributed by atoms with Crippen molar-refractivity contribution in [3.63, 3.8) is 0 Å². The van der Waals surface area contributed by atoms with E-state index < -0.39 is 0 Å². The van der Waals surface area contributed by atoms with Crippen molar-refractivity contribution >= 4 is 28.5 Å². The molecule has 3 amide bonds. The van der Waals surface area contributed by atoms with Crippen LogP contribution >= 0.6 is 0 Å². The lowest BCUT2D eigenvalue weighted by Gasteiger charge is -2.38. The Bertz CT molecular complexity index is 921. The maximum Gasteiger partial charge on any atom is 0.254 e. The second kappa shape index (κ2) is 8.23. The van der Waals surface area contributed by atoms with Gasteiger partial charge in [0.1, 0.15) is 0 Å². The number of likely N-dealkylation sites (tertiary alicyclic amines) is 1. The van der Waals surface area contributed by atoms with Crippen LogP contribution < -0.4 is 0 Å². The van der Waals surface area contributed by atoms with Crippen LogP contribution in [0.25, 0.3) is 10.8 Å². The molecule has 0 unspecified atom stereocenters. The van der Waals surface area contributed by atoms with Gasteiger partial charge in [-0.15, -0.1) is 0 Å². The molecule has 0 N–H and O–H groups in total. The summed E-state index contributed by atoms with van der Waals surface area (Å²) in [6, 6.07) is 13.8. The molecule has 0 saturated carbocycles. The minimum Gasteiger partial charge on any atom is -0.339 e. The molecule has 0 radical (unpaired) electrons. The third-order valence-corrected chi connectivity index (χ3v) is 6.19. The first-order chi connectivity index (χ1) is 14.0. The van der Waals surface area contributed by atoms with Crippen LogP contribution in [-0.2, 0) is 9.59 Å². The molecule has 2 aromatic carbocycles. The molecule has 2 saturated heterocycles. The first-order valence-electron chi connectivity index (χ1n) is 10.4. The van der Waals surface area contributed by atoms with Gasteiger partial charge < -0.3 is 14.7 Å². The van der Waals surface area contributed by atoms with E-state index in [1.807, 2.05) is 52.3 Å². The molecular weight excluding hydrogens is 366 g/mol. The predicted molar refractivity (Wildman–Crippen MR) is 111 cm³/mol. The maximum absolute atomic E-state index is 13.1. The molecule has 2 heterocycles. The summed E-state index contributed by atoms with van der Waals surface area (Å²) in [4.78, 5) is 43.0. The monoisotopic (exact) mass is 393 g/mol. The number of carbonyl (C=O) groups is 3. The molecule has 0 aromatic heterocycles. The predicted octanol–water partition coefficient (Wildman–Crippen LogP) is 2.38. The van der Waals surface area contributed by atoms with Crippen LogP contribution in [0.15, 0.2) is 42.5 Å². The Morgan fingerprint density at radius 3 is 2.07 bits per heavy atom. The summed E-state index contributed by atoms with van der Waals surface area (Å²) in [5, 5.41) is 2.04. The lowest BCUT2D eigenvalue weighted by molar-refractivity contribution is -0.142. The van der Waals surface area contributed by atoms with Crippen LogP contribution in [0.3, 0.4) is 0 Å². The van der Waals surface area contributed by atoms with E-state index in [4.69, 9.17) is 0 Å². The van der Waals surface area contributed by atoms with Gasteiger partial charge >= 0.3 is 0 Å². The summed E-state index contributed by atoms with van der Waals surface area (Å²) in [5.74, 6) is 0.251. The third kappa shape index (κ3) is 3.97. The molecule has 2 aromatic rings. The Labute approximate surface area is 171 Å². The van der Waals surface area contributed by atoms with Crippen molar-refractivity contribution in [2.45, 2.75) is 19.8 Å². The molecule has 0 bridgehead atoms. The third-order valence-electron chi connectivity index (χ3n) is 6.19. The Balaban J connectivity index is 1.36. The summed E-state index contributed by atoms with van der Waals surface area (Å²) in [6.45, 7) is 5.21. The SMILES string of the molecule is CC(=O)N1CCN(C(=O)C2CCN(C(=O)c3cccc4ccccc34)CC2)CC1. The number of piperidine rings is 1. The molecule has 29 heavy (non-hydrogen) atoms. The molecule has 0 atom stereocenters. The summed E-state index contributed by atoms with van der Waals surface area (Å²) in [7, 11) is 0. The molecule has 152 valence electrons. The molecule has 6 nitrogen and oxygen atoms in total. The van der Waals surface area contributed by atoms with Gasteiger partial charge in [0.05, 0.1) is 0 Å². The second-order valence-corrected chi connectivity index (χ2v) is 7.92. The van der Waals surface area contributed by atoms with E-state index >= 15 is 0 Å². The zero-order valence-corrected chi connectivity index (χ0v) is 16.8. The average molecular weight is 393 g/mol. The first-order valence-corrected chi connectivity index (χ1v) is 10.4. The van der Waals surface area contributed by atoms with Crippen molar-refractivity contribution < 1.29 is 14.4 Å². The van der Waals surface area contributed by atoms with Gasteiger partial charge in [0.2, 0.25) is 11.8 Å². The molecule has 0 aliphatic carbocycles. The van der Waals surface area contributed by atoms with E-state index in [9.17, 15) is 14.4 Å². The molecule has 2 fully saturated rings. The summed E-state index contributed by atoms with van der Waals surface area (Å²) in [6.07, 6.45) is 1.39. The van der Waals surface area contributed by atoms with Crippen LogP contribution in [0.4, 0.5) is 0 Å². The van der Waals surface area contributed by atoms with E-state index in [-0.39, 0.29) is 23.6 Å². The molecule has 2 aliphatic heterocycles. The number of hydrogen-bond donors (Lipinski definition) is 0. The quantitative estimate of drug-likeness (QED) is 0.787. The number of rotatable bonds is 2. The highest BCUT2D eigenvalue weighted by Crippen LogP contribution is 2.25. The topological polar surface area (TPSA) is 60.9 Å². The van der Waals surface area contributed by atoms with E-state index in [0.717, 1.165) is 16.3 Å². The molecule has 4 rings (SSSR count). The summed E-state index contributed by atoms with van der Waals surface area (Å²) in [5.41, 5.74) is 0.730. The fourth-order valence-corrected chi connectivity index (χ4v) is 4.41. The summed E-state index contributed by atoms with van der Waals surface area (Å²) >= 11 is 0. The standard InChI is InChI=1S/C23H27N3O3/c1-17(27)24-13-15-26(16-14-24)22(28)19-9-11-25(12-10-19)23(29)21-8-4-6-18-5-2-3-7-20(18)21/h2-8,19H,9-16H2,1H3. The Morgan fingerprint density at radius 2 is 1.38 bits per heavy atom. The number of nitrogens with zero attached hydrogens (tertiary/aromatic N) is 3. The van der Waals surface area contributed by atoms with Crippen molar-refractivity contribution in [3.05, 3.63) is 48.0 Å². The molecule has 0 spiro atoms.